The molecule has 0 saturated carbocycles. The van der Waals surface area contributed by atoms with Gasteiger partial charge >= 0.3 is 0 Å². The number of carbonyl (C=O) groups excluding carboxylic acids is 1. The molecule has 2 aromatic heterocycles. The summed E-state index contributed by atoms with van der Waals surface area (Å²) in [7, 11) is 0. The van der Waals surface area contributed by atoms with Crippen molar-refractivity contribution in [3.8, 4) is 11.3 Å². The van der Waals surface area contributed by atoms with Crippen LogP contribution in [-0.2, 0) is 10.1 Å². The number of alkyl halides is 1. The fourth-order valence-corrected chi connectivity index (χ4v) is 3.01. The largest absolute Gasteiger partial charge is 0.383 e. The summed E-state index contributed by atoms with van der Waals surface area (Å²) in [6.45, 7) is 5.29. The van der Waals surface area contributed by atoms with Gasteiger partial charge in [0, 0.05) is 22.2 Å². The number of nitrogens with two attached hydrogens (primary N) is 1. The van der Waals surface area contributed by atoms with Gasteiger partial charge in [0.15, 0.2) is 0 Å². The zero-order valence-electron chi connectivity index (χ0n) is 13.1. The van der Waals surface area contributed by atoms with Gasteiger partial charge in [-0.2, -0.15) is 0 Å². The number of hydrogen-bond acceptors (Lipinski definition) is 4. The summed E-state index contributed by atoms with van der Waals surface area (Å²) in [4.78, 5) is 23.3. The van der Waals surface area contributed by atoms with E-state index < -0.39 is 0 Å². The lowest BCUT2D eigenvalue weighted by Crippen LogP contribution is -2.11. The first-order valence-electron chi connectivity index (χ1n) is 7.25. The topological polar surface area (TPSA) is 96.7 Å². The molecule has 4 N–H and O–H groups in total. The van der Waals surface area contributed by atoms with Crippen LogP contribution in [0.2, 0.25) is 0 Å². The third-order valence-electron chi connectivity index (χ3n) is 3.68. The summed E-state index contributed by atoms with van der Waals surface area (Å²) >= 11 is 3.51. The fraction of sp³-hybridized carbons (Fsp3) is 0.118. The second kappa shape index (κ2) is 6.45. The van der Waals surface area contributed by atoms with Crippen LogP contribution in [0.15, 0.2) is 42.7 Å². The summed E-state index contributed by atoms with van der Waals surface area (Å²) in [6.07, 6.45) is 1.44. The molecule has 0 spiro atoms. The molecule has 1 aromatic carbocycles. The summed E-state index contributed by atoms with van der Waals surface area (Å²) in [5.74, 6) is 0.250. The highest BCUT2D eigenvalue weighted by atomic mass is 79.9. The van der Waals surface area contributed by atoms with Gasteiger partial charge in [-0.25, -0.2) is 9.97 Å². The van der Waals surface area contributed by atoms with E-state index in [9.17, 15) is 4.79 Å². The third kappa shape index (κ3) is 2.90. The molecule has 2 heterocycles. The van der Waals surface area contributed by atoms with Crippen LogP contribution in [0.1, 0.15) is 12.5 Å². The van der Waals surface area contributed by atoms with Crippen molar-refractivity contribution in [3.63, 3.8) is 0 Å². The average Bonchev–Trinajstić information content (AvgIpc) is 2.95. The maximum absolute atomic E-state index is 11.7. The molecule has 0 fully saturated rings. The Morgan fingerprint density at radius 1 is 1.33 bits per heavy atom. The van der Waals surface area contributed by atoms with E-state index >= 15 is 0 Å². The molecular formula is C17H16BrN5O. The molecule has 1 amide bonds. The van der Waals surface area contributed by atoms with E-state index in [0.29, 0.717) is 28.1 Å². The van der Waals surface area contributed by atoms with Crippen LogP contribution >= 0.6 is 15.9 Å². The summed E-state index contributed by atoms with van der Waals surface area (Å²) in [5, 5.41) is 4.23. The Morgan fingerprint density at radius 2 is 2.04 bits per heavy atom. The number of hydrogen-bond donors (Lipinski definition) is 3. The van der Waals surface area contributed by atoms with Gasteiger partial charge in [-0.15, -0.1) is 0 Å². The van der Waals surface area contributed by atoms with Crippen LogP contribution in [0, 0.1) is 0 Å². The number of amides is 1. The molecular weight excluding hydrogens is 370 g/mol. The fourth-order valence-electron chi connectivity index (χ4n) is 2.45. The maximum atomic E-state index is 11.7. The zero-order chi connectivity index (χ0) is 17.3. The standard InChI is InChI=1S/C17H16BrN5O/c1-9(2)17(24)22-11-5-3-10(4-6-11)14-12(7-18)13-15(19)20-8-21-16(13)23-14/h3-6,8H,1,7H2,2H3,(H,22,24)(H3,19,20,21,23). The highest BCUT2D eigenvalue weighted by Gasteiger charge is 2.16. The molecule has 0 aliphatic rings. The normalized spacial score (nSPS) is 10.8. The van der Waals surface area contributed by atoms with Crippen molar-refractivity contribution < 1.29 is 4.79 Å². The highest BCUT2D eigenvalue weighted by molar-refractivity contribution is 9.08. The predicted octanol–water partition coefficient (Wildman–Crippen LogP) is 3.62. The van der Waals surface area contributed by atoms with Crippen LogP contribution in [-0.4, -0.2) is 20.9 Å². The van der Waals surface area contributed by atoms with Crippen molar-refractivity contribution in [3.05, 3.63) is 48.3 Å². The van der Waals surface area contributed by atoms with Gasteiger partial charge < -0.3 is 16.0 Å². The second-order valence-corrected chi connectivity index (χ2v) is 5.97. The molecule has 6 nitrogen and oxygen atoms in total. The third-order valence-corrected chi connectivity index (χ3v) is 4.24. The molecule has 0 bridgehead atoms. The van der Waals surface area contributed by atoms with Crippen LogP contribution in [0.5, 0.6) is 0 Å². The Morgan fingerprint density at radius 3 is 2.67 bits per heavy atom. The number of H-pyrrole nitrogens is 1. The second-order valence-electron chi connectivity index (χ2n) is 5.41. The lowest BCUT2D eigenvalue weighted by Gasteiger charge is -2.07. The number of anilines is 2. The van der Waals surface area contributed by atoms with Gasteiger partial charge in [-0.05, 0) is 24.6 Å². The molecule has 3 aromatic rings. The van der Waals surface area contributed by atoms with Gasteiger partial charge in [0.1, 0.15) is 17.8 Å². The smallest absolute Gasteiger partial charge is 0.250 e. The van der Waals surface area contributed by atoms with Crippen molar-refractivity contribution in [2.45, 2.75) is 12.3 Å². The number of nitrogens with zero attached hydrogens (tertiary/aromatic N) is 2. The Labute approximate surface area is 147 Å². The summed E-state index contributed by atoms with van der Waals surface area (Å²) in [5.41, 5.74) is 10.8. The molecule has 0 unspecified atom stereocenters. The molecule has 24 heavy (non-hydrogen) atoms. The van der Waals surface area contributed by atoms with E-state index in [1.807, 2.05) is 24.3 Å². The number of rotatable bonds is 4. The van der Waals surface area contributed by atoms with Gasteiger partial charge in [0.2, 0.25) is 0 Å². The Kier molecular flexibility index (Phi) is 4.35. The monoisotopic (exact) mass is 385 g/mol. The molecule has 0 aliphatic carbocycles. The molecule has 0 saturated heterocycles. The van der Waals surface area contributed by atoms with E-state index in [0.717, 1.165) is 22.2 Å². The molecule has 0 atom stereocenters. The molecule has 0 aliphatic heterocycles. The van der Waals surface area contributed by atoms with E-state index in [2.05, 4.69) is 42.8 Å². The van der Waals surface area contributed by atoms with Crippen molar-refractivity contribution >= 4 is 44.4 Å². The molecule has 0 radical (unpaired) electrons. The number of benzene rings is 1. The van der Waals surface area contributed by atoms with Crippen LogP contribution in [0.25, 0.3) is 22.3 Å². The van der Waals surface area contributed by atoms with Crippen LogP contribution < -0.4 is 11.1 Å². The first-order valence-corrected chi connectivity index (χ1v) is 8.37. The van der Waals surface area contributed by atoms with Crippen LogP contribution in [0.3, 0.4) is 0 Å². The lowest BCUT2D eigenvalue weighted by molar-refractivity contribution is -0.112. The molecule has 122 valence electrons. The Balaban J connectivity index is 2.00. The number of nitrogen functional groups attached to an aromatic ring is 1. The number of halogens is 1. The number of aromatic nitrogens is 3. The van der Waals surface area contributed by atoms with Crippen molar-refractivity contribution in [2.24, 2.45) is 0 Å². The minimum absolute atomic E-state index is 0.197. The van der Waals surface area contributed by atoms with E-state index in [4.69, 9.17) is 5.73 Å². The Hall–Kier alpha value is -2.67. The van der Waals surface area contributed by atoms with E-state index in [-0.39, 0.29) is 5.91 Å². The summed E-state index contributed by atoms with van der Waals surface area (Å²) in [6, 6.07) is 7.53. The Bertz CT molecular complexity index is 930. The first kappa shape index (κ1) is 16.2. The van der Waals surface area contributed by atoms with Gasteiger partial charge in [0.25, 0.3) is 5.91 Å². The number of fused-ring (bicyclic) bond motifs is 1. The number of aromatic amines is 1. The first-order chi connectivity index (χ1) is 11.5. The summed E-state index contributed by atoms with van der Waals surface area (Å²) < 4.78 is 0. The van der Waals surface area contributed by atoms with E-state index in [1.54, 1.807) is 6.92 Å². The SMILES string of the molecule is C=C(C)C(=O)Nc1ccc(-c2[nH]c3ncnc(N)c3c2CBr)cc1. The molecule has 3 rings (SSSR count). The maximum Gasteiger partial charge on any atom is 0.250 e. The van der Waals surface area contributed by atoms with Crippen molar-refractivity contribution in [1.82, 2.24) is 15.0 Å². The van der Waals surface area contributed by atoms with Crippen LogP contribution in [0.4, 0.5) is 11.5 Å². The van der Waals surface area contributed by atoms with Gasteiger partial charge in [-0.1, -0.05) is 34.6 Å². The predicted molar refractivity (Wildman–Crippen MR) is 99.8 cm³/mol. The van der Waals surface area contributed by atoms with Gasteiger partial charge in [-0.3, -0.25) is 4.79 Å². The van der Waals surface area contributed by atoms with Gasteiger partial charge in [0.05, 0.1) is 11.1 Å². The number of nitrogens with one attached hydrogen (secondary N) is 2. The molecule has 7 heteroatoms. The van der Waals surface area contributed by atoms with Crippen molar-refractivity contribution in [1.29, 1.82) is 0 Å². The zero-order valence-corrected chi connectivity index (χ0v) is 14.6. The quantitative estimate of drug-likeness (QED) is 0.471. The average molecular weight is 386 g/mol. The van der Waals surface area contributed by atoms with E-state index in [1.165, 1.54) is 6.33 Å². The minimum Gasteiger partial charge on any atom is -0.383 e. The lowest BCUT2D eigenvalue weighted by atomic mass is 10.1. The number of carbonyl (C=O) groups is 1. The highest BCUT2D eigenvalue weighted by Crippen LogP contribution is 2.33. The minimum atomic E-state index is -0.197. The van der Waals surface area contributed by atoms with Crippen molar-refractivity contribution in [2.75, 3.05) is 11.1 Å².